The van der Waals surface area contributed by atoms with Crippen molar-refractivity contribution in [2.24, 2.45) is 16.2 Å². The lowest BCUT2D eigenvalue weighted by atomic mass is 9.61. The number of rotatable bonds is 10. The van der Waals surface area contributed by atoms with Gasteiger partial charge in [-0.25, -0.2) is 0 Å². The molecule has 0 N–H and O–H groups in total. The Balaban J connectivity index is 2.88. The third-order valence-electron chi connectivity index (χ3n) is 5.54. The van der Waals surface area contributed by atoms with E-state index in [4.69, 9.17) is 18.9 Å². The highest BCUT2D eigenvalue weighted by Gasteiger charge is 2.47. The van der Waals surface area contributed by atoms with Crippen LogP contribution < -0.4 is 4.74 Å². The van der Waals surface area contributed by atoms with Crippen molar-refractivity contribution >= 4 is 5.97 Å². The van der Waals surface area contributed by atoms with Crippen molar-refractivity contribution in [3.63, 3.8) is 0 Å². The van der Waals surface area contributed by atoms with E-state index in [9.17, 15) is 4.79 Å². The molecule has 0 radical (unpaired) electrons. The molecule has 172 valence electrons. The molecule has 1 aromatic carbocycles. The highest BCUT2D eigenvalue weighted by molar-refractivity contribution is 5.77. The molecule has 30 heavy (non-hydrogen) atoms. The zero-order valence-electron chi connectivity index (χ0n) is 20.7. The van der Waals surface area contributed by atoms with Crippen LogP contribution in [0.15, 0.2) is 12.1 Å². The monoisotopic (exact) mass is 422 g/mol. The summed E-state index contributed by atoms with van der Waals surface area (Å²) in [6.07, 6.45) is 0.747. The van der Waals surface area contributed by atoms with Crippen LogP contribution in [0.2, 0.25) is 0 Å². The standard InChI is InChI=1S/C25H42O5/c1-18-13-19(15-27-9)21(20(14-18)16-28-10)29-11-12-30-22(26)25(8,24(5,6)7)17-23(2,3)4/h13-14H,11-12,15-17H2,1-10H3. The lowest BCUT2D eigenvalue weighted by Gasteiger charge is -2.43. The summed E-state index contributed by atoms with van der Waals surface area (Å²) in [7, 11) is 3.32. The second-order valence-corrected chi connectivity index (χ2v) is 10.6. The summed E-state index contributed by atoms with van der Waals surface area (Å²) in [4.78, 5) is 13.1. The van der Waals surface area contributed by atoms with Crippen LogP contribution in [0.1, 0.15) is 71.6 Å². The Morgan fingerprint density at radius 2 is 1.37 bits per heavy atom. The molecule has 0 aliphatic heterocycles. The number of aryl methyl sites for hydroxylation is 1. The van der Waals surface area contributed by atoms with E-state index in [0.29, 0.717) is 13.2 Å². The maximum Gasteiger partial charge on any atom is 0.312 e. The number of benzene rings is 1. The second-order valence-electron chi connectivity index (χ2n) is 10.6. The van der Waals surface area contributed by atoms with Gasteiger partial charge in [0.25, 0.3) is 0 Å². The third kappa shape index (κ3) is 7.28. The van der Waals surface area contributed by atoms with E-state index in [1.165, 1.54) is 0 Å². The molecule has 0 amide bonds. The average molecular weight is 423 g/mol. The molecule has 1 unspecified atom stereocenters. The third-order valence-corrected chi connectivity index (χ3v) is 5.54. The zero-order chi connectivity index (χ0) is 23.2. The van der Waals surface area contributed by atoms with E-state index in [2.05, 4.69) is 41.5 Å². The van der Waals surface area contributed by atoms with Gasteiger partial charge in [0.05, 0.1) is 18.6 Å². The number of carbonyl (C=O) groups excluding carboxylic acids is 1. The molecular weight excluding hydrogens is 380 g/mol. The molecule has 0 spiro atoms. The molecule has 1 aromatic rings. The summed E-state index contributed by atoms with van der Waals surface area (Å²) in [5.74, 6) is 0.570. The van der Waals surface area contributed by atoms with Crippen molar-refractivity contribution in [1.82, 2.24) is 0 Å². The van der Waals surface area contributed by atoms with E-state index in [0.717, 1.165) is 28.9 Å². The van der Waals surface area contributed by atoms with Gasteiger partial charge in [0.2, 0.25) is 0 Å². The van der Waals surface area contributed by atoms with Crippen molar-refractivity contribution in [3.05, 3.63) is 28.8 Å². The van der Waals surface area contributed by atoms with Crippen molar-refractivity contribution in [1.29, 1.82) is 0 Å². The Kier molecular flexibility index (Phi) is 9.37. The van der Waals surface area contributed by atoms with Crippen LogP contribution >= 0.6 is 0 Å². The van der Waals surface area contributed by atoms with Gasteiger partial charge in [-0.05, 0) is 31.1 Å². The lowest BCUT2D eigenvalue weighted by Crippen LogP contribution is -2.44. The molecule has 0 aliphatic carbocycles. The van der Waals surface area contributed by atoms with Crippen LogP contribution in [0.5, 0.6) is 5.75 Å². The molecule has 1 rings (SSSR count). The molecule has 0 fully saturated rings. The van der Waals surface area contributed by atoms with Gasteiger partial charge in [0.15, 0.2) is 0 Å². The molecular formula is C25H42O5. The van der Waals surface area contributed by atoms with E-state index < -0.39 is 5.41 Å². The van der Waals surface area contributed by atoms with Crippen LogP contribution in [-0.2, 0) is 32.2 Å². The summed E-state index contributed by atoms with van der Waals surface area (Å²) in [5.41, 5.74) is 2.26. The van der Waals surface area contributed by atoms with E-state index >= 15 is 0 Å². The van der Waals surface area contributed by atoms with Gasteiger partial charge in [0, 0.05) is 25.3 Å². The van der Waals surface area contributed by atoms with Crippen LogP contribution in [0.4, 0.5) is 0 Å². The fraction of sp³-hybridized carbons (Fsp3) is 0.720. The van der Waals surface area contributed by atoms with Gasteiger partial charge in [-0.1, -0.05) is 59.2 Å². The fourth-order valence-electron chi connectivity index (χ4n) is 3.78. The normalized spacial score (nSPS) is 14.3. The largest absolute Gasteiger partial charge is 0.489 e. The summed E-state index contributed by atoms with van der Waals surface area (Å²) in [6, 6.07) is 4.09. The SMILES string of the molecule is COCc1cc(C)cc(COC)c1OCCOC(=O)C(C)(CC(C)(C)C)C(C)(C)C. The molecule has 0 bridgehead atoms. The molecule has 5 heteroatoms. The van der Waals surface area contributed by atoms with Gasteiger partial charge in [0.1, 0.15) is 19.0 Å². The van der Waals surface area contributed by atoms with Gasteiger partial charge >= 0.3 is 5.97 Å². The predicted molar refractivity (Wildman–Crippen MR) is 121 cm³/mol. The Morgan fingerprint density at radius 1 is 0.867 bits per heavy atom. The van der Waals surface area contributed by atoms with Gasteiger partial charge in [-0.2, -0.15) is 0 Å². The van der Waals surface area contributed by atoms with Crippen molar-refractivity contribution in [3.8, 4) is 5.75 Å². The quantitative estimate of drug-likeness (QED) is 0.358. The maximum atomic E-state index is 13.1. The molecule has 1 atom stereocenters. The van der Waals surface area contributed by atoms with Gasteiger partial charge in [-0.15, -0.1) is 0 Å². The Morgan fingerprint density at radius 3 is 1.77 bits per heavy atom. The smallest absolute Gasteiger partial charge is 0.312 e. The first kappa shape index (κ1) is 26.4. The number of methoxy groups -OCH3 is 2. The van der Waals surface area contributed by atoms with Crippen LogP contribution in [-0.4, -0.2) is 33.4 Å². The highest BCUT2D eigenvalue weighted by atomic mass is 16.6. The molecule has 0 saturated heterocycles. The highest BCUT2D eigenvalue weighted by Crippen LogP contribution is 2.47. The summed E-state index contributed by atoms with van der Waals surface area (Å²) < 4.78 is 22.4. The van der Waals surface area contributed by atoms with Crippen molar-refractivity contribution in [2.45, 2.75) is 75.0 Å². The first-order chi connectivity index (χ1) is 13.7. The van der Waals surface area contributed by atoms with E-state index in [-0.39, 0.29) is 30.0 Å². The number of ether oxygens (including phenoxy) is 4. The first-order valence-corrected chi connectivity index (χ1v) is 10.7. The molecule has 0 heterocycles. The van der Waals surface area contributed by atoms with Crippen LogP contribution in [0.3, 0.4) is 0 Å². The van der Waals surface area contributed by atoms with Crippen molar-refractivity contribution in [2.75, 3.05) is 27.4 Å². The topological polar surface area (TPSA) is 54.0 Å². The van der Waals surface area contributed by atoms with E-state index in [1.54, 1.807) is 14.2 Å². The van der Waals surface area contributed by atoms with Crippen molar-refractivity contribution < 1.29 is 23.7 Å². The minimum absolute atomic E-state index is 0.0174. The van der Waals surface area contributed by atoms with E-state index in [1.807, 2.05) is 26.0 Å². The number of carbonyl (C=O) groups is 1. The van der Waals surface area contributed by atoms with Gasteiger partial charge < -0.3 is 18.9 Å². The number of esters is 1. The van der Waals surface area contributed by atoms with Crippen LogP contribution in [0.25, 0.3) is 0 Å². The first-order valence-electron chi connectivity index (χ1n) is 10.7. The Hall–Kier alpha value is -1.59. The number of hydrogen-bond acceptors (Lipinski definition) is 5. The number of hydrogen-bond donors (Lipinski definition) is 0. The summed E-state index contributed by atoms with van der Waals surface area (Å²) >= 11 is 0. The fourth-order valence-corrected chi connectivity index (χ4v) is 3.78. The average Bonchev–Trinajstić information content (AvgIpc) is 2.58. The summed E-state index contributed by atoms with van der Waals surface area (Å²) in [5, 5.41) is 0. The second kappa shape index (κ2) is 10.6. The predicted octanol–water partition coefficient (Wildman–Crippen LogP) is 5.70. The molecule has 0 saturated carbocycles. The lowest BCUT2D eigenvalue weighted by molar-refractivity contribution is -0.165. The molecule has 0 aromatic heterocycles. The molecule has 5 nitrogen and oxygen atoms in total. The Labute approximate surface area is 183 Å². The minimum Gasteiger partial charge on any atom is -0.489 e. The summed E-state index contributed by atoms with van der Waals surface area (Å²) in [6.45, 7) is 18.1. The minimum atomic E-state index is -0.586. The maximum absolute atomic E-state index is 13.1. The molecule has 0 aliphatic rings. The zero-order valence-corrected chi connectivity index (χ0v) is 20.7. The van der Waals surface area contributed by atoms with Crippen LogP contribution in [0, 0.1) is 23.2 Å². The Bertz CT molecular complexity index is 669. The van der Waals surface area contributed by atoms with Gasteiger partial charge in [-0.3, -0.25) is 4.79 Å².